The maximum Gasteiger partial charge on any atom is 0.417 e. The van der Waals surface area contributed by atoms with Gasteiger partial charge in [-0.2, -0.15) is 18.4 Å². The fourth-order valence-electron chi connectivity index (χ4n) is 1.63. The van der Waals surface area contributed by atoms with Crippen molar-refractivity contribution >= 4 is 23.9 Å². The summed E-state index contributed by atoms with van der Waals surface area (Å²) in [5.74, 6) is 0. The summed E-state index contributed by atoms with van der Waals surface area (Å²) in [6, 6.07) is 13.8. The van der Waals surface area contributed by atoms with Crippen molar-refractivity contribution in [3.8, 4) is 6.07 Å². The van der Waals surface area contributed by atoms with Crippen LogP contribution in [0.25, 0.3) is 5.57 Å². The van der Waals surface area contributed by atoms with Gasteiger partial charge in [-0.25, -0.2) is 0 Å². The van der Waals surface area contributed by atoms with Crippen molar-refractivity contribution in [3.63, 3.8) is 0 Å². The molecular weight excluding hydrogens is 323 g/mol. The van der Waals surface area contributed by atoms with Crippen LogP contribution in [0.3, 0.4) is 0 Å². The number of anilines is 1. The van der Waals surface area contributed by atoms with Gasteiger partial charge in [0.2, 0.25) is 0 Å². The normalized spacial score (nSPS) is 11.2. The highest BCUT2D eigenvalue weighted by Gasteiger charge is 2.33. The van der Waals surface area contributed by atoms with Gasteiger partial charge in [0.15, 0.2) is 0 Å². The van der Waals surface area contributed by atoms with Gasteiger partial charge < -0.3 is 11.5 Å². The van der Waals surface area contributed by atoms with Crippen molar-refractivity contribution in [1.29, 1.82) is 5.26 Å². The quantitative estimate of drug-likeness (QED) is 0.417. The first-order chi connectivity index (χ1) is 10.8. The van der Waals surface area contributed by atoms with E-state index in [2.05, 4.69) is 12.6 Å². The van der Waals surface area contributed by atoms with E-state index in [0.29, 0.717) is 0 Å². The van der Waals surface area contributed by atoms with Crippen LogP contribution in [-0.4, -0.2) is 0 Å². The molecule has 0 aliphatic rings. The van der Waals surface area contributed by atoms with Gasteiger partial charge in [-0.1, -0.05) is 18.2 Å². The molecule has 23 heavy (non-hydrogen) atoms. The lowest BCUT2D eigenvalue weighted by Gasteiger charge is -2.11. The lowest BCUT2D eigenvalue weighted by atomic mass is 10.0. The third kappa shape index (κ3) is 5.60. The molecule has 0 saturated carbocycles. The molecular formula is C16H14F3N3S. The van der Waals surface area contributed by atoms with E-state index in [1.807, 2.05) is 24.3 Å². The Morgan fingerprint density at radius 3 is 2.09 bits per heavy atom. The molecule has 2 rings (SSSR count). The predicted octanol–water partition coefficient (Wildman–Crippen LogP) is 4.09. The lowest BCUT2D eigenvalue weighted by Crippen LogP contribution is -2.08. The molecule has 7 heteroatoms. The Kier molecular flexibility index (Phi) is 6.54. The number of nitrogens with two attached hydrogens (primary N) is 2. The van der Waals surface area contributed by atoms with Crippen LogP contribution in [0, 0.1) is 11.3 Å². The minimum atomic E-state index is -4.48. The van der Waals surface area contributed by atoms with Gasteiger partial charge in [0.25, 0.3) is 0 Å². The van der Waals surface area contributed by atoms with Gasteiger partial charge in [0, 0.05) is 22.3 Å². The zero-order valence-corrected chi connectivity index (χ0v) is 12.8. The summed E-state index contributed by atoms with van der Waals surface area (Å²) in [6.07, 6.45) is -3.62. The molecule has 0 fully saturated rings. The molecule has 4 N–H and O–H groups in total. The van der Waals surface area contributed by atoms with Gasteiger partial charge in [0.05, 0.1) is 11.1 Å². The van der Waals surface area contributed by atoms with Crippen molar-refractivity contribution in [2.24, 2.45) is 5.73 Å². The summed E-state index contributed by atoms with van der Waals surface area (Å²) >= 11 is 4.08. The van der Waals surface area contributed by atoms with E-state index >= 15 is 0 Å². The van der Waals surface area contributed by atoms with Crippen LogP contribution in [0.15, 0.2) is 59.6 Å². The number of nitrogen functional groups attached to an aromatic ring is 1. The zero-order valence-electron chi connectivity index (χ0n) is 11.9. The first-order valence-electron chi connectivity index (χ1n) is 6.32. The van der Waals surface area contributed by atoms with E-state index in [4.69, 9.17) is 16.7 Å². The number of benzene rings is 2. The second kappa shape index (κ2) is 8.15. The van der Waals surface area contributed by atoms with Crippen LogP contribution in [-0.2, 0) is 6.18 Å². The Labute approximate surface area is 137 Å². The molecule has 0 radical (unpaired) electrons. The van der Waals surface area contributed by atoms with Crippen molar-refractivity contribution < 1.29 is 13.2 Å². The Morgan fingerprint density at radius 1 is 1.09 bits per heavy atom. The molecule has 0 heterocycles. The average molecular weight is 337 g/mol. The number of alkyl halides is 3. The lowest BCUT2D eigenvalue weighted by molar-refractivity contribution is -0.137. The van der Waals surface area contributed by atoms with Crippen molar-refractivity contribution in [3.05, 3.63) is 65.9 Å². The number of rotatable bonds is 1. The van der Waals surface area contributed by atoms with Gasteiger partial charge in [-0.3, -0.25) is 0 Å². The van der Waals surface area contributed by atoms with Crippen LogP contribution >= 0.6 is 12.6 Å². The Bertz CT molecular complexity index is 696. The summed E-state index contributed by atoms with van der Waals surface area (Å²) < 4.78 is 37.5. The summed E-state index contributed by atoms with van der Waals surface area (Å²) in [4.78, 5) is 0.944. The predicted molar refractivity (Wildman–Crippen MR) is 87.3 cm³/mol. The topological polar surface area (TPSA) is 75.8 Å². The van der Waals surface area contributed by atoms with E-state index in [1.54, 1.807) is 6.07 Å². The SMILES string of the molecule is N#C/C(=C/N)c1ccccc1C(F)(F)F.Nc1ccc(S)cc1. The van der Waals surface area contributed by atoms with Crippen LogP contribution in [0.4, 0.5) is 18.9 Å². The highest BCUT2D eigenvalue weighted by molar-refractivity contribution is 7.80. The van der Waals surface area contributed by atoms with Gasteiger partial charge in [-0.15, -0.1) is 12.6 Å². The van der Waals surface area contributed by atoms with E-state index in [9.17, 15) is 13.2 Å². The average Bonchev–Trinajstić information content (AvgIpc) is 2.52. The smallest absolute Gasteiger partial charge is 0.404 e. The molecule has 0 spiro atoms. The van der Waals surface area contributed by atoms with Crippen LogP contribution < -0.4 is 11.5 Å². The number of nitrogens with zero attached hydrogens (tertiary/aromatic N) is 1. The van der Waals surface area contributed by atoms with Gasteiger partial charge in [0.1, 0.15) is 6.07 Å². The maximum atomic E-state index is 12.5. The third-order valence-electron chi connectivity index (χ3n) is 2.70. The molecule has 120 valence electrons. The molecule has 0 aromatic heterocycles. The van der Waals surface area contributed by atoms with E-state index in [0.717, 1.165) is 22.8 Å². The number of nitriles is 1. The number of hydrogen-bond acceptors (Lipinski definition) is 4. The largest absolute Gasteiger partial charge is 0.417 e. The second-order valence-corrected chi connectivity index (χ2v) is 4.84. The number of hydrogen-bond donors (Lipinski definition) is 3. The minimum absolute atomic E-state index is 0.192. The van der Waals surface area contributed by atoms with E-state index < -0.39 is 11.7 Å². The minimum Gasteiger partial charge on any atom is -0.404 e. The Hall–Kier alpha value is -2.59. The molecule has 0 bridgehead atoms. The van der Waals surface area contributed by atoms with Gasteiger partial charge in [-0.05, 0) is 30.3 Å². The molecule has 0 amide bonds. The molecule has 0 saturated heterocycles. The fourth-order valence-corrected chi connectivity index (χ4v) is 1.78. The first-order valence-corrected chi connectivity index (χ1v) is 6.77. The standard InChI is InChI=1S/C10H7F3N2.C6H7NS/c11-10(12,13)9-4-2-1-3-8(9)7(5-14)6-15;7-5-1-3-6(8)4-2-5/h1-5H,14H2;1-4,8H,7H2/b7-5-;. The van der Waals surface area contributed by atoms with Crippen molar-refractivity contribution in [2.75, 3.05) is 5.73 Å². The zero-order chi connectivity index (χ0) is 17.5. The molecule has 0 aliphatic heterocycles. The van der Waals surface area contributed by atoms with Crippen LogP contribution in [0.1, 0.15) is 11.1 Å². The monoisotopic (exact) mass is 337 g/mol. The van der Waals surface area contributed by atoms with Crippen molar-refractivity contribution in [1.82, 2.24) is 0 Å². The molecule has 0 unspecified atom stereocenters. The first kappa shape index (κ1) is 18.5. The molecule has 0 aliphatic carbocycles. The Morgan fingerprint density at radius 2 is 1.65 bits per heavy atom. The molecule has 2 aromatic carbocycles. The van der Waals surface area contributed by atoms with Gasteiger partial charge >= 0.3 is 6.18 Å². The summed E-state index contributed by atoms with van der Waals surface area (Å²) in [5.41, 5.74) is 10.00. The number of allylic oxidation sites excluding steroid dienone is 1. The second-order valence-electron chi connectivity index (χ2n) is 4.33. The van der Waals surface area contributed by atoms with Crippen molar-refractivity contribution in [2.45, 2.75) is 11.1 Å². The maximum absolute atomic E-state index is 12.5. The third-order valence-corrected chi connectivity index (χ3v) is 3.00. The highest BCUT2D eigenvalue weighted by Crippen LogP contribution is 2.34. The highest BCUT2D eigenvalue weighted by atomic mass is 32.1. The molecule has 3 nitrogen and oxygen atoms in total. The summed E-state index contributed by atoms with van der Waals surface area (Å²) in [6.45, 7) is 0. The molecule has 2 aromatic rings. The fraction of sp³-hybridized carbons (Fsp3) is 0.0625. The molecule has 0 atom stereocenters. The number of thiol groups is 1. The Balaban J connectivity index is 0.000000277. The van der Waals surface area contributed by atoms with Crippen LogP contribution in [0.5, 0.6) is 0 Å². The van der Waals surface area contributed by atoms with E-state index in [1.165, 1.54) is 18.2 Å². The van der Waals surface area contributed by atoms with Crippen LogP contribution in [0.2, 0.25) is 0 Å². The summed E-state index contributed by atoms with van der Waals surface area (Å²) in [7, 11) is 0. The summed E-state index contributed by atoms with van der Waals surface area (Å²) in [5, 5.41) is 8.60. The number of halogens is 3. The van der Waals surface area contributed by atoms with E-state index in [-0.39, 0.29) is 11.1 Å².